The topological polar surface area (TPSA) is 9.23 Å². The molecule has 0 N–H and O–H groups in total. The molecule has 0 aromatic heterocycles. The number of aryl methyl sites for hydroxylation is 1. The van der Waals surface area contributed by atoms with Crippen molar-refractivity contribution in [1.29, 1.82) is 0 Å². The summed E-state index contributed by atoms with van der Waals surface area (Å²) >= 11 is 0. The molecule has 1 fully saturated rings. The Morgan fingerprint density at radius 1 is 0.706 bits per heavy atom. The monoisotopic (exact) mass is 470 g/mol. The van der Waals surface area contributed by atoms with E-state index in [1.165, 1.54) is 24.3 Å². The fourth-order valence-corrected chi connectivity index (χ4v) is 4.81. The van der Waals surface area contributed by atoms with Gasteiger partial charge in [-0.15, -0.1) is 0 Å². The Morgan fingerprint density at radius 2 is 1.32 bits per heavy atom. The van der Waals surface area contributed by atoms with Gasteiger partial charge in [-0.3, -0.25) is 0 Å². The highest BCUT2D eigenvalue weighted by Crippen LogP contribution is 2.37. The van der Waals surface area contributed by atoms with Crippen molar-refractivity contribution in [2.45, 2.75) is 64.4 Å². The van der Waals surface area contributed by atoms with Crippen LogP contribution in [0.1, 0.15) is 63.0 Å². The van der Waals surface area contributed by atoms with E-state index < -0.39 is 23.3 Å². The summed E-state index contributed by atoms with van der Waals surface area (Å²) in [7, 11) is 0. The molecule has 2 atom stereocenters. The van der Waals surface area contributed by atoms with E-state index in [-0.39, 0.29) is 34.3 Å². The lowest BCUT2D eigenvalue weighted by atomic mass is 9.88. The fraction of sp³-hybridized carbons (Fsp3) is 0.379. The number of hydrogen-bond donors (Lipinski definition) is 0. The third-order valence-electron chi connectivity index (χ3n) is 6.71. The van der Waals surface area contributed by atoms with Crippen LogP contribution in [0.15, 0.2) is 48.5 Å². The zero-order valence-electron chi connectivity index (χ0n) is 19.6. The minimum absolute atomic E-state index is 0.0859. The SMILES string of the molecule is CCCc1ccc(-c2ccc(-c3ccc(C4CCC(CCC)OC4)c(F)c3F)c(F)c2F)cc1. The maximum atomic E-state index is 15.0. The summed E-state index contributed by atoms with van der Waals surface area (Å²) in [6, 6.07) is 12.8. The molecule has 2 unspecified atom stereocenters. The van der Waals surface area contributed by atoms with Crippen molar-refractivity contribution in [3.8, 4) is 22.3 Å². The van der Waals surface area contributed by atoms with Gasteiger partial charge in [-0.05, 0) is 42.4 Å². The van der Waals surface area contributed by atoms with Crippen molar-refractivity contribution < 1.29 is 22.3 Å². The van der Waals surface area contributed by atoms with Crippen LogP contribution in [-0.2, 0) is 11.2 Å². The van der Waals surface area contributed by atoms with Gasteiger partial charge in [0.25, 0.3) is 0 Å². The molecule has 0 amide bonds. The summed E-state index contributed by atoms with van der Waals surface area (Å²) in [4.78, 5) is 0. The van der Waals surface area contributed by atoms with Crippen LogP contribution in [0.25, 0.3) is 22.3 Å². The Balaban J connectivity index is 1.61. The summed E-state index contributed by atoms with van der Waals surface area (Å²) in [5, 5.41) is 0. The average Bonchev–Trinajstić information content (AvgIpc) is 2.85. The van der Waals surface area contributed by atoms with Gasteiger partial charge in [0.15, 0.2) is 23.3 Å². The Morgan fingerprint density at radius 3 is 1.94 bits per heavy atom. The Kier molecular flexibility index (Phi) is 7.72. The number of ether oxygens (including phenoxy) is 1. The van der Waals surface area contributed by atoms with Crippen LogP contribution in [-0.4, -0.2) is 12.7 Å². The predicted molar refractivity (Wildman–Crippen MR) is 128 cm³/mol. The molecule has 34 heavy (non-hydrogen) atoms. The summed E-state index contributed by atoms with van der Waals surface area (Å²) in [6.07, 6.45) is 5.52. The number of benzene rings is 3. The lowest BCUT2D eigenvalue weighted by Crippen LogP contribution is -2.25. The molecule has 5 heteroatoms. The van der Waals surface area contributed by atoms with E-state index >= 15 is 13.2 Å². The Hall–Kier alpha value is -2.66. The zero-order valence-corrected chi connectivity index (χ0v) is 19.6. The summed E-state index contributed by atoms with van der Waals surface area (Å²) < 4.78 is 65.9. The zero-order chi connectivity index (χ0) is 24.2. The highest BCUT2D eigenvalue weighted by molar-refractivity contribution is 5.72. The van der Waals surface area contributed by atoms with Crippen molar-refractivity contribution in [2.75, 3.05) is 6.61 Å². The normalized spacial score (nSPS) is 18.3. The summed E-state index contributed by atoms with van der Waals surface area (Å²) in [5.41, 5.74) is 1.37. The smallest absolute Gasteiger partial charge is 0.167 e. The molecule has 4 rings (SSSR count). The fourth-order valence-electron chi connectivity index (χ4n) is 4.81. The molecule has 3 aromatic rings. The molecule has 180 valence electrons. The molecular weight excluding hydrogens is 440 g/mol. The highest BCUT2D eigenvalue weighted by atomic mass is 19.2. The van der Waals surface area contributed by atoms with Crippen molar-refractivity contribution in [3.05, 3.63) is 82.9 Å². The van der Waals surface area contributed by atoms with Gasteiger partial charge in [0.1, 0.15) is 0 Å². The van der Waals surface area contributed by atoms with Crippen LogP contribution in [0.4, 0.5) is 17.6 Å². The Bertz CT molecular complexity index is 1130. The first-order valence-electron chi connectivity index (χ1n) is 12.1. The van der Waals surface area contributed by atoms with Gasteiger partial charge in [-0.1, -0.05) is 75.2 Å². The summed E-state index contributed by atoms with van der Waals surface area (Å²) in [6.45, 7) is 4.48. The van der Waals surface area contributed by atoms with Gasteiger partial charge < -0.3 is 4.74 Å². The number of hydrogen-bond acceptors (Lipinski definition) is 1. The van der Waals surface area contributed by atoms with Crippen LogP contribution in [0.2, 0.25) is 0 Å². The molecule has 0 radical (unpaired) electrons. The minimum atomic E-state index is -1.19. The van der Waals surface area contributed by atoms with Crippen LogP contribution in [0.5, 0.6) is 0 Å². The third-order valence-corrected chi connectivity index (χ3v) is 6.71. The number of rotatable bonds is 7. The highest BCUT2D eigenvalue weighted by Gasteiger charge is 2.28. The van der Waals surface area contributed by atoms with Gasteiger partial charge in [0, 0.05) is 22.6 Å². The lowest BCUT2D eigenvalue weighted by molar-refractivity contribution is -0.00181. The van der Waals surface area contributed by atoms with Gasteiger partial charge >= 0.3 is 0 Å². The maximum absolute atomic E-state index is 15.0. The van der Waals surface area contributed by atoms with E-state index in [9.17, 15) is 4.39 Å². The molecule has 1 aliphatic heterocycles. The summed E-state index contributed by atoms with van der Waals surface area (Å²) in [5.74, 6) is -4.70. The molecule has 0 spiro atoms. The average molecular weight is 471 g/mol. The molecule has 0 bridgehead atoms. The molecule has 1 saturated heterocycles. The molecule has 1 nitrogen and oxygen atoms in total. The van der Waals surface area contributed by atoms with Gasteiger partial charge in [-0.25, -0.2) is 17.6 Å². The first kappa shape index (κ1) is 24.5. The number of halogens is 4. The molecular formula is C29H30F4O. The Labute approximate surface area is 198 Å². The second-order valence-corrected chi connectivity index (χ2v) is 9.08. The van der Waals surface area contributed by atoms with E-state index in [1.54, 1.807) is 12.1 Å². The van der Waals surface area contributed by atoms with Crippen LogP contribution < -0.4 is 0 Å². The largest absolute Gasteiger partial charge is 0.378 e. The molecule has 0 saturated carbocycles. The second-order valence-electron chi connectivity index (χ2n) is 9.08. The van der Waals surface area contributed by atoms with Crippen LogP contribution >= 0.6 is 0 Å². The molecule has 3 aromatic carbocycles. The standard InChI is InChI=1S/C29H30F4O/c1-3-5-18-7-9-19(10-8-18)22-13-15-24(28(32)26(22)30)25-16-14-23(27(31)29(25)33)20-11-12-21(6-4-2)34-17-20/h7-10,13-16,20-21H,3-6,11-12,17H2,1-2H3. The molecule has 1 heterocycles. The quantitative estimate of drug-likeness (QED) is 0.314. The van der Waals surface area contributed by atoms with E-state index in [0.717, 1.165) is 37.7 Å². The maximum Gasteiger partial charge on any atom is 0.167 e. The van der Waals surface area contributed by atoms with Crippen LogP contribution in [0.3, 0.4) is 0 Å². The molecule has 1 aliphatic rings. The van der Waals surface area contributed by atoms with Crippen molar-refractivity contribution in [2.24, 2.45) is 0 Å². The minimum Gasteiger partial charge on any atom is -0.378 e. The molecule has 0 aliphatic carbocycles. The van der Waals surface area contributed by atoms with E-state index in [0.29, 0.717) is 18.6 Å². The van der Waals surface area contributed by atoms with Gasteiger partial charge in [-0.2, -0.15) is 0 Å². The van der Waals surface area contributed by atoms with E-state index in [2.05, 4.69) is 13.8 Å². The third kappa shape index (κ3) is 4.90. The van der Waals surface area contributed by atoms with Crippen LogP contribution in [0, 0.1) is 23.3 Å². The van der Waals surface area contributed by atoms with E-state index in [1.807, 2.05) is 12.1 Å². The second kappa shape index (κ2) is 10.7. The van der Waals surface area contributed by atoms with Gasteiger partial charge in [0.05, 0.1) is 12.7 Å². The lowest BCUT2D eigenvalue weighted by Gasteiger charge is -2.29. The van der Waals surface area contributed by atoms with Gasteiger partial charge in [0.2, 0.25) is 0 Å². The first-order chi connectivity index (χ1) is 16.4. The predicted octanol–water partition coefficient (Wildman–Crippen LogP) is 8.59. The van der Waals surface area contributed by atoms with Crippen molar-refractivity contribution in [3.63, 3.8) is 0 Å². The van der Waals surface area contributed by atoms with E-state index in [4.69, 9.17) is 4.74 Å². The van der Waals surface area contributed by atoms with Crippen molar-refractivity contribution >= 4 is 0 Å². The first-order valence-corrected chi connectivity index (χ1v) is 12.1. The van der Waals surface area contributed by atoms with Crippen molar-refractivity contribution in [1.82, 2.24) is 0 Å².